The molecule has 0 saturated heterocycles. The minimum atomic E-state index is -0.874. The SMILES string of the molecule is Cc1ccc(F)cc1-c1noc(CC(C)(C)CC(=O)O)n1. The molecule has 6 heteroatoms. The summed E-state index contributed by atoms with van der Waals surface area (Å²) < 4.78 is 18.5. The zero-order chi connectivity index (χ0) is 15.6. The van der Waals surface area contributed by atoms with Crippen LogP contribution in [0.4, 0.5) is 4.39 Å². The van der Waals surface area contributed by atoms with Crippen molar-refractivity contribution in [1.82, 2.24) is 10.1 Å². The number of aromatic nitrogens is 2. The van der Waals surface area contributed by atoms with Crippen LogP contribution < -0.4 is 0 Å². The first-order chi connectivity index (χ1) is 9.77. The summed E-state index contributed by atoms with van der Waals surface area (Å²) in [6, 6.07) is 4.37. The molecule has 1 N–H and O–H groups in total. The van der Waals surface area contributed by atoms with E-state index >= 15 is 0 Å². The van der Waals surface area contributed by atoms with Crippen LogP contribution in [0.5, 0.6) is 0 Å². The average Bonchev–Trinajstić information content (AvgIpc) is 2.78. The average molecular weight is 292 g/mol. The Hall–Kier alpha value is -2.24. The normalized spacial score (nSPS) is 11.6. The lowest BCUT2D eigenvalue weighted by Gasteiger charge is -2.19. The maximum atomic E-state index is 13.3. The van der Waals surface area contributed by atoms with Gasteiger partial charge in [0.25, 0.3) is 0 Å². The second-order valence-electron chi connectivity index (χ2n) is 5.88. The fourth-order valence-electron chi connectivity index (χ4n) is 2.15. The molecule has 1 aromatic heterocycles. The topological polar surface area (TPSA) is 76.2 Å². The summed E-state index contributed by atoms with van der Waals surface area (Å²) in [5.74, 6) is -0.582. The maximum absolute atomic E-state index is 13.3. The maximum Gasteiger partial charge on any atom is 0.303 e. The van der Waals surface area contributed by atoms with E-state index < -0.39 is 11.4 Å². The Balaban J connectivity index is 2.22. The molecule has 0 atom stereocenters. The van der Waals surface area contributed by atoms with Gasteiger partial charge in [0.2, 0.25) is 11.7 Å². The second kappa shape index (κ2) is 5.63. The van der Waals surface area contributed by atoms with Gasteiger partial charge in [-0.2, -0.15) is 4.98 Å². The summed E-state index contributed by atoms with van der Waals surface area (Å²) in [6.45, 7) is 5.47. The fraction of sp³-hybridized carbons (Fsp3) is 0.400. The Morgan fingerprint density at radius 2 is 2.14 bits per heavy atom. The highest BCUT2D eigenvalue weighted by molar-refractivity contribution is 5.67. The number of aryl methyl sites for hydroxylation is 1. The van der Waals surface area contributed by atoms with Crippen LogP contribution >= 0.6 is 0 Å². The number of carboxylic acids is 1. The van der Waals surface area contributed by atoms with Crippen molar-refractivity contribution in [3.63, 3.8) is 0 Å². The molecule has 5 nitrogen and oxygen atoms in total. The molecule has 21 heavy (non-hydrogen) atoms. The van der Waals surface area contributed by atoms with Crippen molar-refractivity contribution in [1.29, 1.82) is 0 Å². The van der Waals surface area contributed by atoms with Gasteiger partial charge in [0.05, 0.1) is 6.42 Å². The Morgan fingerprint density at radius 3 is 2.81 bits per heavy atom. The van der Waals surface area contributed by atoms with Crippen molar-refractivity contribution in [2.24, 2.45) is 5.41 Å². The monoisotopic (exact) mass is 292 g/mol. The predicted molar refractivity (Wildman–Crippen MR) is 74.2 cm³/mol. The van der Waals surface area contributed by atoms with Gasteiger partial charge in [-0.15, -0.1) is 0 Å². The lowest BCUT2D eigenvalue weighted by Crippen LogP contribution is -2.19. The van der Waals surface area contributed by atoms with Crippen LogP contribution in [0.1, 0.15) is 31.7 Å². The standard InChI is InChI=1S/C15H17FN2O3/c1-9-4-5-10(16)6-11(9)14-17-12(21-18-14)7-15(2,3)8-13(19)20/h4-6H,7-8H2,1-3H3,(H,19,20). The first kappa shape index (κ1) is 15.2. The van der Waals surface area contributed by atoms with Gasteiger partial charge in [0, 0.05) is 12.0 Å². The van der Waals surface area contributed by atoms with Gasteiger partial charge >= 0.3 is 5.97 Å². The quantitative estimate of drug-likeness (QED) is 0.915. The number of hydrogen-bond acceptors (Lipinski definition) is 4. The first-order valence-electron chi connectivity index (χ1n) is 6.58. The summed E-state index contributed by atoms with van der Waals surface area (Å²) in [4.78, 5) is 15.0. The molecule has 0 amide bonds. The van der Waals surface area contributed by atoms with Crippen molar-refractivity contribution in [2.75, 3.05) is 0 Å². The summed E-state index contributed by atoms with van der Waals surface area (Å²) in [6.07, 6.45) is 0.352. The molecule has 0 bridgehead atoms. The molecular formula is C15H17FN2O3. The van der Waals surface area contributed by atoms with E-state index in [4.69, 9.17) is 9.63 Å². The Kier molecular flexibility index (Phi) is 4.06. The van der Waals surface area contributed by atoms with Crippen LogP contribution in [0.3, 0.4) is 0 Å². The fourth-order valence-corrected chi connectivity index (χ4v) is 2.15. The van der Waals surface area contributed by atoms with E-state index in [1.807, 2.05) is 20.8 Å². The minimum absolute atomic E-state index is 0.00368. The number of hydrogen-bond donors (Lipinski definition) is 1. The lowest BCUT2D eigenvalue weighted by atomic mass is 9.86. The van der Waals surface area contributed by atoms with Crippen molar-refractivity contribution < 1.29 is 18.8 Å². The summed E-state index contributed by atoms with van der Waals surface area (Å²) in [5, 5.41) is 12.7. The van der Waals surface area contributed by atoms with Gasteiger partial charge in [-0.3, -0.25) is 4.79 Å². The highest BCUT2D eigenvalue weighted by Crippen LogP contribution is 2.27. The van der Waals surface area contributed by atoms with E-state index in [1.54, 1.807) is 6.07 Å². The van der Waals surface area contributed by atoms with Gasteiger partial charge in [0.15, 0.2) is 0 Å². The number of nitrogens with zero attached hydrogens (tertiary/aromatic N) is 2. The smallest absolute Gasteiger partial charge is 0.303 e. The van der Waals surface area contributed by atoms with E-state index in [0.717, 1.165) is 5.56 Å². The Morgan fingerprint density at radius 1 is 1.43 bits per heavy atom. The van der Waals surface area contributed by atoms with E-state index in [0.29, 0.717) is 23.7 Å². The molecule has 0 radical (unpaired) electrons. The van der Waals surface area contributed by atoms with E-state index in [9.17, 15) is 9.18 Å². The van der Waals surface area contributed by atoms with Crippen LogP contribution in [-0.4, -0.2) is 21.2 Å². The zero-order valence-electron chi connectivity index (χ0n) is 12.2. The zero-order valence-corrected chi connectivity index (χ0v) is 12.2. The minimum Gasteiger partial charge on any atom is -0.481 e. The van der Waals surface area contributed by atoms with Crippen LogP contribution in [0.15, 0.2) is 22.7 Å². The van der Waals surface area contributed by atoms with Crippen LogP contribution in [0.25, 0.3) is 11.4 Å². The highest BCUT2D eigenvalue weighted by Gasteiger charge is 2.25. The van der Waals surface area contributed by atoms with Crippen molar-refractivity contribution in [3.05, 3.63) is 35.5 Å². The van der Waals surface area contributed by atoms with Gasteiger partial charge in [-0.25, -0.2) is 4.39 Å². The Labute approximate surface area is 121 Å². The molecule has 0 spiro atoms. The van der Waals surface area contributed by atoms with Crippen molar-refractivity contribution in [3.8, 4) is 11.4 Å². The molecular weight excluding hydrogens is 275 g/mol. The third kappa shape index (κ3) is 3.87. The van der Waals surface area contributed by atoms with Gasteiger partial charge in [0.1, 0.15) is 5.82 Å². The summed E-state index contributed by atoms with van der Waals surface area (Å²) in [7, 11) is 0. The molecule has 2 aromatic rings. The largest absolute Gasteiger partial charge is 0.481 e. The molecule has 0 unspecified atom stereocenters. The summed E-state index contributed by atoms with van der Waals surface area (Å²) in [5.41, 5.74) is 0.918. The predicted octanol–water partition coefficient (Wildman–Crippen LogP) is 3.23. The molecule has 0 saturated carbocycles. The first-order valence-corrected chi connectivity index (χ1v) is 6.58. The van der Waals surface area contributed by atoms with E-state index in [-0.39, 0.29) is 12.2 Å². The third-order valence-corrected chi connectivity index (χ3v) is 3.17. The molecule has 0 fully saturated rings. The van der Waals surface area contributed by atoms with E-state index in [1.165, 1.54) is 12.1 Å². The number of halogens is 1. The van der Waals surface area contributed by atoms with Crippen LogP contribution in [0, 0.1) is 18.2 Å². The van der Waals surface area contributed by atoms with Crippen LogP contribution in [-0.2, 0) is 11.2 Å². The lowest BCUT2D eigenvalue weighted by molar-refractivity contribution is -0.139. The van der Waals surface area contributed by atoms with Crippen molar-refractivity contribution in [2.45, 2.75) is 33.6 Å². The van der Waals surface area contributed by atoms with Crippen molar-refractivity contribution >= 4 is 5.97 Å². The van der Waals surface area contributed by atoms with Crippen LogP contribution in [0.2, 0.25) is 0 Å². The van der Waals surface area contributed by atoms with E-state index in [2.05, 4.69) is 10.1 Å². The van der Waals surface area contributed by atoms with Gasteiger partial charge in [-0.05, 0) is 30.0 Å². The molecule has 2 rings (SSSR count). The van der Waals surface area contributed by atoms with Gasteiger partial charge in [-0.1, -0.05) is 25.1 Å². The molecule has 1 heterocycles. The highest BCUT2D eigenvalue weighted by atomic mass is 19.1. The Bertz CT molecular complexity index is 665. The molecule has 112 valence electrons. The molecule has 0 aliphatic rings. The number of rotatable bonds is 5. The third-order valence-electron chi connectivity index (χ3n) is 3.17. The molecule has 0 aliphatic carbocycles. The van der Waals surface area contributed by atoms with Gasteiger partial charge < -0.3 is 9.63 Å². The number of benzene rings is 1. The number of carboxylic acid groups (broad SMARTS) is 1. The molecule has 1 aromatic carbocycles. The molecule has 0 aliphatic heterocycles. The number of carbonyl (C=O) groups is 1. The second-order valence-corrected chi connectivity index (χ2v) is 5.88. The number of aliphatic carboxylic acids is 1. The summed E-state index contributed by atoms with van der Waals surface area (Å²) >= 11 is 0.